The summed E-state index contributed by atoms with van der Waals surface area (Å²) in [4.78, 5) is 4.73. The summed E-state index contributed by atoms with van der Waals surface area (Å²) < 4.78 is 5.81. The summed E-state index contributed by atoms with van der Waals surface area (Å²) in [5.74, 6) is 1.02. The Morgan fingerprint density at radius 2 is 1.95 bits per heavy atom. The first-order valence-corrected chi connectivity index (χ1v) is 7.08. The lowest BCUT2D eigenvalue weighted by Crippen LogP contribution is -2.06. The molecule has 1 aliphatic heterocycles. The average Bonchev–Trinajstić information content (AvgIpc) is 2.85. The quantitative estimate of drug-likeness (QED) is 0.768. The molecule has 0 aliphatic carbocycles. The SMILES string of the molecule is CC(=NCc1ccccc1)c1cccc2c1C[C@@H](C)O2. The van der Waals surface area contributed by atoms with E-state index < -0.39 is 0 Å². The molecule has 20 heavy (non-hydrogen) atoms. The second-order valence-corrected chi connectivity index (χ2v) is 5.30. The van der Waals surface area contributed by atoms with Gasteiger partial charge in [-0.2, -0.15) is 0 Å². The Morgan fingerprint density at radius 3 is 2.75 bits per heavy atom. The molecule has 3 rings (SSSR count). The number of benzene rings is 2. The van der Waals surface area contributed by atoms with Gasteiger partial charge in [0.25, 0.3) is 0 Å². The van der Waals surface area contributed by atoms with Crippen LogP contribution in [0.4, 0.5) is 0 Å². The Morgan fingerprint density at radius 1 is 1.15 bits per heavy atom. The highest BCUT2D eigenvalue weighted by atomic mass is 16.5. The molecule has 0 N–H and O–H groups in total. The van der Waals surface area contributed by atoms with Gasteiger partial charge in [0.05, 0.1) is 6.54 Å². The van der Waals surface area contributed by atoms with Gasteiger partial charge in [0.15, 0.2) is 0 Å². The van der Waals surface area contributed by atoms with Crippen LogP contribution in [0.1, 0.15) is 30.5 Å². The normalized spacial score (nSPS) is 17.7. The number of fused-ring (bicyclic) bond motifs is 1. The van der Waals surface area contributed by atoms with E-state index in [1.54, 1.807) is 0 Å². The van der Waals surface area contributed by atoms with Crippen molar-refractivity contribution in [2.75, 3.05) is 0 Å². The minimum Gasteiger partial charge on any atom is -0.490 e. The number of aliphatic imine (C=N–C) groups is 1. The first kappa shape index (κ1) is 12.9. The van der Waals surface area contributed by atoms with Crippen LogP contribution in [0, 0.1) is 0 Å². The average molecular weight is 265 g/mol. The van der Waals surface area contributed by atoms with Crippen LogP contribution in [0.15, 0.2) is 53.5 Å². The van der Waals surface area contributed by atoms with E-state index in [0.717, 1.165) is 24.4 Å². The van der Waals surface area contributed by atoms with Crippen molar-refractivity contribution in [3.8, 4) is 5.75 Å². The highest BCUT2D eigenvalue weighted by Gasteiger charge is 2.22. The lowest BCUT2D eigenvalue weighted by Gasteiger charge is -2.07. The molecule has 0 fully saturated rings. The van der Waals surface area contributed by atoms with Gasteiger partial charge in [-0.05, 0) is 25.5 Å². The molecule has 1 aliphatic rings. The minimum atomic E-state index is 0.271. The second kappa shape index (κ2) is 5.49. The summed E-state index contributed by atoms with van der Waals surface area (Å²) in [5, 5.41) is 0. The van der Waals surface area contributed by atoms with Crippen molar-refractivity contribution in [3.05, 3.63) is 65.2 Å². The number of hydrogen-bond acceptors (Lipinski definition) is 2. The molecule has 2 heteroatoms. The van der Waals surface area contributed by atoms with E-state index in [9.17, 15) is 0 Å². The third kappa shape index (κ3) is 2.60. The summed E-state index contributed by atoms with van der Waals surface area (Å²) in [5.41, 5.74) is 4.85. The third-order valence-corrected chi connectivity index (χ3v) is 3.68. The van der Waals surface area contributed by atoms with E-state index in [1.165, 1.54) is 16.7 Å². The Kier molecular flexibility index (Phi) is 3.55. The zero-order valence-electron chi connectivity index (χ0n) is 12.0. The molecule has 2 nitrogen and oxygen atoms in total. The lowest BCUT2D eigenvalue weighted by molar-refractivity contribution is 0.254. The van der Waals surface area contributed by atoms with E-state index in [1.807, 2.05) is 18.2 Å². The Labute approximate surface area is 120 Å². The van der Waals surface area contributed by atoms with E-state index in [4.69, 9.17) is 9.73 Å². The van der Waals surface area contributed by atoms with Gasteiger partial charge in [0, 0.05) is 23.3 Å². The molecule has 2 aromatic rings. The lowest BCUT2D eigenvalue weighted by atomic mass is 10.00. The molecule has 1 heterocycles. The number of rotatable bonds is 3. The van der Waals surface area contributed by atoms with Crippen molar-refractivity contribution < 1.29 is 4.74 Å². The maximum absolute atomic E-state index is 5.81. The van der Waals surface area contributed by atoms with Crippen molar-refractivity contribution in [1.82, 2.24) is 0 Å². The monoisotopic (exact) mass is 265 g/mol. The number of ether oxygens (including phenoxy) is 1. The highest BCUT2D eigenvalue weighted by molar-refractivity contribution is 6.00. The van der Waals surface area contributed by atoms with E-state index in [-0.39, 0.29) is 6.10 Å². The van der Waals surface area contributed by atoms with Crippen molar-refractivity contribution in [1.29, 1.82) is 0 Å². The molecule has 0 spiro atoms. The molecule has 0 bridgehead atoms. The maximum atomic E-state index is 5.81. The first-order valence-electron chi connectivity index (χ1n) is 7.08. The molecule has 2 aromatic carbocycles. The van der Waals surface area contributed by atoms with Gasteiger partial charge in [0.1, 0.15) is 11.9 Å². The standard InChI is InChI=1S/C18H19NO/c1-13-11-17-16(9-6-10-18(17)20-13)14(2)19-12-15-7-4-3-5-8-15/h3-10,13H,11-12H2,1-2H3/t13-/m1/s1. The van der Waals surface area contributed by atoms with Crippen LogP contribution < -0.4 is 4.74 Å². The largest absolute Gasteiger partial charge is 0.490 e. The highest BCUT2D eigenvalue weighted by Crippen LogP contribution is 2.31. The topological polar surface area (TPSA) is 21.6 Å². The van der Waals surface area contributed by atoms with Crippen LogP contribution in [0.5, 0.6) is 5.75 Å². The smallest absolute Gasteiger partial charge is 0.123 e. The zero-order chi connectivity index (χ0) is 13.9. The molecule has 102 valence electrons. The molecule has 0 saturated carbocycles. The van der Waals surface area contributed by atoms with Crippen LogP contribution in [-0.2, 0) is 13.0 Å². The van der Waals surface area contributed by atoms with Crippen LogP contribution >= 0.6 is 0 Å². The fourth-order valence-corrected chi connectivity index (χ4v) is 2.65. The van der Waals surface area contributed by atoms with Crippen LogP contribution in [0.3, 0.4) is 0 Å². The molecule has 1 atom stereocenters. The van der Waals surface area contributed by atoms with Gasteiger partial charge < -0.3 is 4.74 Å². The summed E-state index contributed by atoms with van der Waals surface area (Å²) in [6.45, 7) is 4.93. The van der Waals surface area contributed by atoms with Crippen molar-refractivity contribution in [2.45, 2.75) is 32.9 Å². The summed E-state index contributed by atoms with van der Waals surface area (Å²) >= 11 is 0. The van der Waals surface area contributed by atoms with Gasteiger partial charge in [0.2, 0.25) is 0 Å². The first-order chi connectivity index (χ1) is 9.74. The molecule has 0 saturated heterocycles. The number of nitrogens with zero attached hydrogens (tertiary/aromatic N) is 1. The molecular formula is C18H19NO. The predicted molar refractivity (Wildman–Crippen MR) is 82.6 cm³/mol. The van der Waals surface area contributed by atoms with Crippen LogP contribution in [0.25, 0.3) is 0 Å². The van der Waals surface area contributed by atoms with Crippen LogP contribution in [-0.4, -0.2) is 11.8 Å². The Bertz CT molecular complexity index is 631. The van der Waals surface area contributed by atoms with Crippen molar-refractivity contribution in [2.24, 2.45) is 4.99 Å². The molecular weight excluding hydrogens is 246 g/mol. The van der Waals surface area contributed by atoms with E-state index >= 15 is 0 Å². The van der Waals surface area contributed by atoms with Crippen molar-refractivity contribution in [3.63, 3.8) is 0 Å². The summed E-state index contributed by atoms with van der Waals surface area (Å²) in [6.07, 6.45) is 1.25. The second-order valence-electron chi connectivity index (χ2n) is 5.30. The van der Waals surface area contributed by atoms with E-state index in [2.05, 4.69) is 44.2 Å². The number of hydrogen-bond donors (Lipinski definition) is 0. The van der Waals surface area contributed by atoms with Gasteiger partial charge in [-0.15, -0.1) is 0 Å². The fourth-order valence-electron chi connectivity index (χ4n) is 2.65. The van der Waals surface area contributed by atoms with Gasteiger partial charge in [-0.3, -0.25) is 4.99 Å². The van der Waals surface area contributed by atoms with Crippen molar-refractivity contribution >= 4 is 5.71 Å². The molecule has 0 amide bonds. The van der Waals surface area contributed by atoms with Gasteiger partial charge in [-0.25, -0.2) is 0 Å². The van der Waals surface area contributed by atoms with E-state index in [0.29, 0.717) is 0 Å². The minimum absolute atomic E-state index is 0.271. The van der Waals surface area contributed by atoms with Crippen LogP contribution in [0.2, 0.25) is 0 Å². The fraction of sp³-hybridized carbons (Fsp3) is 0.278. The molecule has 0 aromatic heterocycles. The predicted octanol–water partition coefficient (Wildman–Crippen LogP) is 4.02. The molecule has 0 radical (unpaired) electrons. The Hall–Kier alpha value is -2.09. The van der Waals surface area contributed by atoms with Gasteiger partial charge >= 0.3 is 0 Å². The maximum Gasteiger partial charge on any atom is 0.123 e. The summed E-state index contributed by atoms with van der Waals surface area (Å²) in [7, 11) is 0. The molecule has 0 unspecified atom stereocenters. The zero-order valence-corrected chi connectivity index (χ0v) is 12.0. The summed E-state index contributed by atoms with van der Waals surface area (Å²) in [6, 6.07) is 16.6. The van der Waals surface area contributed by atoms with Gasteiger partial charge in [-0.1, -0.05) is 42.5 Å². The Balaban J connectivity index is 1.85. The third-order valence-electron chi connectivity index (χ3n) is 3.68.